The Balaban J connectivity index is 1.84. The average molecular weight is 387 g/mol. The van der Waals surface area contributed by atoms with Gasteiger partial charge in [0.25, 0.3) is 0 Å². The molecule has 6 heteroatoms. The summed E-state index contributed by atoms with van der Waals surface area (Å²) in [5.74, 6) is -0.338. The van der Waals surface area contributed by atoms with Gasteiger partial charge in [0.15, 0.2) is 11.6 Å². The number of nitrogens with one attached hydrogen (secondary N) is 2. The zero-order valence-corrected chi connectivity index (χ0v) is 15.3. The van der Waals surface area contributed by atoms with Crippen molar-refractivity contribution < 1.29 is 9.59 Å². The first kappa shape index (κ1) is 18.2. The van der Waals surface area contributed by atoms with Gasteiger partial charge in [-0.3, -0.25) is 9.59 Å². The van der Waals surface area contributed by atoms with Gasteiger partial charge < -0.3 is 10.6 Å². The molecule has 0 aromatic heterocycles. The summed E-state index contributed by atoms with van der Waals surface area (Å²) in [5, 5.41) is 7.45. The molecule has 1 aliphatic rings. The Morgan fingerprint density at radius 2 is 1.04 bits per heavy atom. The Labute approximate surface area is 161 Å². The molecule has 2 N–H and O–H groups in total. The minimum absolute atomic E-state index is 0.169. The molecule has 0 radical (unpaired) electrons. The van der Waals surface area contributed by atoms with Gasteiger partial charge in [0, 0.05) is 46.4 Å². The Morgan fingerprint density at radius 1 is 0.692 bits per heavy atom. The number of hydrogen-bond acceptors (Lipinski definition) is 4. The average Bonchev–Trinajstić information content (AvgIpc) is 2.64. The van der Waals surface area contributed by atoms with E-state index in [2.05, 4.69) is 10.6 Å². The first-order chi connectivity index (χ1) is 12.5. The molecule has 0 bridgehead atoms. The number of benzene rings is 2. The summed E-state index contributed by atoms with van der Waals surface area (Å²) in [7, 11) is 0. The Morgan fingerprint density at radius 3 is 1.38 bits per heavy atom. The molecule has 1 heterocycles. The van der Waals surface area contributed by atoms with Gasteiger partial charge in [0.1, 0.15) is 0 Å². The molecule has 3 rings (SSSR count). The second-order valence-electron chi connectivity index (χ2n) is 5.71. The smallest absolute Gasteiger partial charge is 0.187 e. The van der Waals surface area contributed by atoms with Crippen LogP contribution in [-0.4, -0.2) is 24.7 Å². The van der Waals surface area contributed by atoms with E-state index in [1.807, 2.05) is 0 Å². The summed E-state index contributed by atoms with van der Waals surface area (Å²) in [4.78, 5) is 24.9. The lowest BCUT2D eigenvalue weighted by molar-refractivity contribution is 0.103. The molecule has 132 valence electrons. The second-order valence-corrected chi connectivity index (χ2v) is 6.58. The lowest BCUT2D eigenvalue weighted by Crippen LogP contribution is -2.37. The van der Waals surface area contributed by atoms with Crippen LogP contribution in [0.3, 0.4) is 0 Å². The maximum atomic E-state index is 12.4. The number of allylic oxidation sites excluding steroid dienone is 2. The standard InChI is InChI=1S/C20H16Cl2N2O2/c21-15-5-1-13(2-6-15)19(25)11-17-18(24-10-9-23-17)12-20(26)14-3-7-16(22)8-4-14/h1-8,11-12,23-24H,9-10H2/b17-11-,18-12-. The second kappa shape index (κ2) is 8.21. The Bertz CT molecular complexity index is 810. The van der Waals surface area contributed by atoms with Crippen LogP contribution in [-0.2, 0) is 0 Å². The van der Waals surface area contributed by atoms with E-state index in [-0.39, 0.29) is 11.6 Å². The molecule has 1 aliphatic heterocycles. The molecule has 1 fully saturated rings. The van der Waals surface area contributed by atoms with Crippen LogP contribution in [0.15, 0.2) is 72.1 Å². The van der Waals surface area contributed by atoms with E-state index in [4.69, 9.17) is 23.2 Å². The molecule has 2 aromatic carbocycles. The van der Waals surface area contributed by atoms with Gasteiger partial charge in [-0.25, -0.2) is 0 Å². The van der Waals surface area contributed by atoms with E-state index in [1.54, 1.807) is 48.5 Å². The fourth-order valence-electron chi connectivity index (χ4n) is 2.50. The lowest BCUT2D eigenvalue weighted by atomic mass is 10.1. The van der Waals surface area contributed by atoms with E-state index < -0.39 is 0 Å². The maximum absolute atomic E-state index is 12.4. The van der Waals surface area contributed by atoms with E-state index in [0.29, 0.717) is 45.7 Å². The molecule has 0 aliphatic carbocycles. The number of piperazine rings is 1. The van der Waals surface area contributed by atoms with Crippen LogP contribution in [0.5, 0.6) is 0 Å². The minimum Gasteiger partial charge on any atom is -0.381 e. The number of carbonyl (C=O) groups is 2. The molecule has 26 heavy (non-hydrogen) atoms. The SMILES string of the molecule is O=C(/C=C1\NCCN\C1=C/C(=O)c1ccc(Cl)cc1)c1ccc(Cl)cc1. The van der Waals surface area contributed by atoms with E-state index in [9.17, 15) is 9.59 Å². The number of rotatable bonds is 4. The van der Waals surface area contributed by atoms with Gasteiger partial charge in [-0.15, -0.1) is 0 Å². The van der Waals surface area contributed by atoms with Crippen molar-refractivity contribution in [2.45, 2.75) is 0 Å². The molecule has 0 spiro atoms. The van der Waals surface area contributed by atoms with Gasteiger partial charge in [-0.1, -0.05) is 23.2 Å². The van der Waals surface area contributed by atoms with Crippen molar-refractivity contribution in [3.05, 3.63) is 93.2 Å². The molecule has 0 saturated carbocycles. The molecule has 0 atom stereocenters. The van der Waals surface area contributed by atoms with Gasteiger partial charge >= 0.3 is 0 Å². The zero-order valence-electron chi connectivity index (χ0n) is 13.8. The third-order valence-corrected chi connectivity index (χ3v) is 4.36. The minimum atomic E-state index is -0.169. The van der Waals surface area contributed by atoms with Crippen LogP contribution in [0, 0.1) is 0 Å². The van der Waals surface area contributed by atoms with Gasteiger partial charge in [0.05, 0.1) is 11.4 Å². The van der Waals surface area contributed by atoms with Crippen LogP contribution >= 0.6 is 23.2 Å². The predicted molar refractivity (Wildman–Crippen MR) is 104 cm³/mol. The summed E-state index contributed by atoms with van der Waals surface area (Å²) >= 11 is 11.7. The van der Waals surface area contributed by atoms with Crippen LogP contribution < -0.4 is 10.6 Å². The van der Waals surface area contributed by atoms with E-state index in [0.717, 1.165) is 0 Å². The van der Waals surface area contributed by atoms with E-state index in [1.165, 1.54) is 12.2 Å². The fourth-order valence-corrected chi connectivity index (χ4v) is 2.75. The van der Waals surface area contributed by atoms with Crippen molar-refractivity contribution in [2.75, 3.05) is 13.1 Å². The molecule has 0 amide bonds. The maximum Gasteiger partial charge on any atom is 0.187 e. The molecular formula is C20H16Cl2N2O2. The molecule has 0 unspecified atom stereocenters. The van der Waals surface area contributed by atoms with Crippen molar-refractivity contribution in [3.63, 3.8) is 0 Å². The third-order valence-electron chi connectivity index (χ3n) is 3.85. The van der Waals surface area contributed by atoms with Crippen LogP contribution in [0.2, 0.25) is 10.0 Å². The topological polar surface area (TPSA) is 58.2 Å². The van der Waals surface area contributed by atoms with Crippen molar-refractivity contribution in [2.24, 2.45) is 0 Å². The predicted octanol–water partition coefficient (Wildman–Crippen LogP) is 4.02. The summed E-state index contributed by atoms with van der Waals surface area (Å²) in [6.45, 7) is 1.32. The van der Waals surface area contributed by atoms with Crippen LogP contribution in [0.25, 0.3) is 0 Å². The molecule has 2 aromatic rings. The van der Waals surface area contributed by atoms with Crippen molar-refractivity contribution in [1.82, 2.24) is 10.6 Å². The highest BCUT2D eigenvalue weighted by Crippen LogP contribution is 2.15. The molecular weight excluding hydrogens is 371 g/mol. The van der Waals surface area contributed by atoms with Crippen molar-refractivity contribution >= 4 is 34.8 Å². The van der Waals surface area contributed by atoms with Crippen molar-refractivity contribution in [3.8, 4) is 0 Å². The number of ketones is 2. The highest BCUT2D eigenvalue weighted by Gasteiger charge is 2.15. The number of carbonyl (C=O) groups excluding carboxylic acids is 2. The lowest BCUT2D eigenvalue weighted by Gasteiger charge is -2.22. The largest absolute Gasteiger partial charge is 0.381 e. The van der Waals surface area contributed by atoms with Gasteiger partial charge in [0.2, 0.25) is 0 Å². The molecule has 1 saturated heterocycles. The number of hydrogen-bond donors (Lipinski definition) is 2. The quantitative estimate of drug-likeness (QED) is 0.615. The number of halogens is 2. The van der Waals surface area contributed by atoms with Crippen LogP contribution in [0.4, 0.5) is 0 Å². The van der Waals surface area contributed by atoms with Gasteiger partial charge in [-0.2, -0.15) is 0 Å². The fraction of sp³-hybridized carbons (Fsp3) is 0.100. The highest BCUT2D eigenvalue weighted by atomic mass is 35.5. The normalized spacial score (nSPS) is 16.8. The summed E-state index contributed by atoms with van der Waals surface area (Å²) < 4.78 is 0. The van der Waals surface area contributed by atoms with Crippen LogP contribution in [0.1, 0.15) is 20.7 Å². The molecule has 4 nitrogen and oxygen atoms in total. The van der Waals surface area contributed by atoms with E-state index >= 15 is 0 Å². The first-order valence-electron chi connectivity index (χ1n) is 8.04. The Hall–Kier alpha value is -2.56. The monoisotopic (exact) mass is 386 g/mol. The summed E-state index contributed by atoms with van der Waals surface area (Å²) in [5.41, 5.74) is 2.22. The Kier molecular flexibility index (Phi) is 5.76. The zero-order chi connectivity index (χ0) is 18.5. The highest BCUT2D eigenvalue weighted by molar-refractivity contribution is 6.31. The third kappa shape index (κ3) is 4.54. The van der Waals surface area contributed by atoms with Crippen molar-refractivity contribution in [1.29, 1.82) is 0 Å². The summed E-state index contributed by atoms with van der Waals surface area (Å²) in [6, 6.07) is 13.3. The first-order valence-corrected chi connectivity index (χ1v) is 8.80. The summed E-state index contributed by atoms with van der Waals surface area (Å²) in [6.07, 6.45) is 2.97. The van der Waals surface area contributed by atoms with Gasteiger partial charge in [-0.05, 0) is 48.5 Å².